The molecular weight excluding hydrogens is 192 g/mol. The third kappa shape index (κ3) is 1.44. The summed E-state index contributed by atoms with van der Waals surface area (Å²) in [6.07, 6.45) is 1.88. The van der Waals surface area contributed by atoms with Crippen LogP contribution in [0.5, 0.6) is 0 Å². The molecule has 74 valence electrons. The highest BCUT2D eigenvalue weighted by molar-refractivity contribution is 7.89. The van der Waals surface area contributed by atoms with Crippen LogP contribution in [0.1, 0.15) is 19.3 Å². The summed E-state index contributed by atoms with van der Waals surface area (Å²) in [7, 11) is -3.16. The second-order valence-corrected chi connectivity index (χ2v) is 5.33. The Hall–Kier alpha value is -0.620. The number of hydrazine groups is 1. The van der Waals surface area contributed by atoms with E-state index < -0.39 is 10.0 Å². The Kier molecular flexibility index (Phi) is 2.03. The molecule has 0 aliphatic carbocycles. The van der Waals surface area contributed by atoms with E-state index in [1.165, 1.54) is 9.42 Å². The van der Waals surface area contributed by atoms with Gasteiger partial charge < -0.3 is 0 Å². The highest BCUT2D eigenvalue weighted by atomic mass is 32.2. The van der Waals surface area contributed by atoms with Crippen molar-refractivity contribution in [1.29, 1.82) is 0 Å². The first-order valence-corrected chi connectivity index (χ1v) is 6.03. The topological polar surface area (TPSA) is 57.7 Å². The highest BCUT2D eigenvalue weighted by Crippen LogP contribution is 2.21. The Bertz CT molecular complexity index is 325. The summed E-state index contributed by atoms with van der Waals surface area (Å²) in [6, 6.07) is 0. The molecule has 0 saturated carbocycles. The van der Waals surface area contributed by atoms with Gasteiger partial charge in [-0.15, -0.1) is 4.41 Å². The number of carbonyl (C=O) groups is 1. The summed E-state index contributed by atoms with van der Waals surface area (Å²) in [5, 5.41) is 1.38. The molecule has 2 aliphatic heterocycles. The van der Waals surface area contributed by atoms with Gasteiger partial charge in [-0.2, -0.15) is 0 Å². The molecule has 2 fully saturated rings. The van der Waals surface area contributed by atoms with E-state index in [1.807, 2.05) is 0 Å². The van der Waals surface area contributed by atoms with Gasteiger partial charge in [0.1, 0.15) is 0 Å². The van der Waals surface area contributed by atoms with Crippen molar-refractivity contribution in [1.82, 2.24) is 9.42 Å². The molecule has 6 heteroatoms. The largest absolute Gasteiger partial charge is 0.273 e. The number of hydrogen-bond donors (Lipinski definition) is 0. The molecule has 2 aliphatic rings. The summed E-state index contributed by atoms with van der Waals surface area (Å²) in [5.74, 6) is 0.113. The minimum Gasteiger partial charge on any atom is -0.273 e. The van der Waals surface area contributed by atoms with Crippen LogP contribution in [0.3, 0.4) is 0 Å². The average molecular weight is 204 g/mol. The zero-order chi connectivity index (χ0) is 9.47. The first-order valence-electron chi connectivity index (χ1n) is 4.42. The molecule has 2 saturated heterocycles. The number of rotatable bonds is 1. The maximum absolute atomic E-state index is 11.4. The predicted molar refractivity (Wildman–Crippen MR) is 46.1 cm³/mol. The van der Waals surface area contributed by atoms with Gasteiger partial charge in [0.05, 0.1) is 5.75 Å². The van der Waals surface area contributed by atoms with E-state index in [0.717, 1.165) is 6.42 Å². The standard InChI is InChI=1S/C7H12N2O3S/c10-7-3-1-4-8(7)9-5-2-6-13(9,11)12/h1-6H2. The predicted octanol–water partition coefficient (Wildman–Crippen LogP) is -0.441. The van der Waals surface area contributed by atoms with Crippen LogP contribution in [0.4, 0.5) is 0 Å². The Morgan fingerprint density at radius 2 is 1.92 bits per heavy atom. The van der Waals surface area contributed by atoms with E-state index in [1.54, 1.807) is 0 Å². The van der Waals surface area contributed by atoms with Crippen molar-refractivity contribution < 1.29 is 13.2 Å². The minimum atomic E-state index is -3.16. The van der Waals surface area contributed by atoms with Gasteiger partial charge in [-0.05, 0) is 12.8 Å². The van der Waals surface area contributed by atoms with Crippen molar-refractivity contribution in [3.05, 3.63) is 0 Å². The molecule has 0 aromatic heterocycles. The van der Waals surface area contributed by atoms with E-state index >= 15 is 0 Å². The molecule has 0 radical (unpaired) electrons. The minimum absolute atomic E-state index is 0.0644. The Balaban J connectivity index is 2.21. The molecule has 5 nitrogen and oxygen atoms in total. The monoisotopic (exact) mass is 204 g/mol. The summed E-state index contributed by atoms with van der Waals surface area (Å²) < 4.78 is 24.1. The fraction of sp³-hybridized carbons (Fsp3) is 0.857. The number of amides is 1. The average Bonchev–Trinajstić information content (AvgIpc) is 2.56. The maximum Gasteiger partial charge on any atom is 0.237 e. The molecule has 0 atom stereocenters. The van der Waals surface area contributed by atoms with Crippen LogP contribution in [0.25, 0.3) is 0 Å². The molecule has 0 bridgehead atoms. The van der Waals surface area contributed by atoms with Crippen molar-refractivity contribution in [2.45, 2.75) is 19.3 Å². The van der Waals surface area contributed by atoms with Gasteiger partial charge >= 0.3 is 0 Å². The summed E-state index contributed by atoms with van der Waals surface area (Å²) in [5.41, 5.74) is 0. The fourth-order valence-electron chi connectivity index (χ4n) is 1.77. The summed E-state index contributed by atoms with van der Waals surface area (Å²) in [6.45, 7) is 1.02. The number of carbonyl (C=O) groups excluding carboxylic acids is 1. The van der Waals surface area contributed by atoms with E-state index in [2.05, 4.69) is 0 Å². The van der Waals surface area contributed by atoms with Crippen LogP contribution in [0, 0.1) is 0 Å². The lowest BCUT2D eigenvalue weighted by Crippen LogP contribution is -2.44. The second-order valence-electron chi connectivity index (χ2n) is 3.34. The maximum atomic E-state index is 11.4. The fourth-order valence-corrected chi connectivity index (χ4v) is 3.35. The van der Waals surface area contributed by atoms with Crippen molar-refractivity contribution in [3.63, 3.8) is 0 Å². The number of nitrogens with zero attached hydrogens (tertiary/aromatic N) is 2. The van der Waals surface area contributed by atoms with Gasteiger partial charge in [0, 0.05) is 19.5 Å². The first-order chi connectivity index (χ1) is 6.11. The van der Waals surface area contributed by atoms with Crippen LogP contribution in [0.15, 0.2) is 0 Å². The van der Waals surface area contributed by atoms with E-state index in [9.17, 15) is 13.2 Å². The Labute approximate surface area is 77.3 Å². The molecular formula is C7H12N2O3S. The van der Waals surface area contributed by atoms with Gasteiger partial charge in [0.15, 0.2) is 0 Å². The molecule has 1 amide bonds. The molecule has 0 spiro atoms. The molecule has 0 aromatic rings. The zero-order valence-electron chi connectivity index (χ0n) is 7.27. The lowest BCUT2D eigenvalue weighted by atomic mass is 10.4. The first kappa shape index (κ1) is 8.96. The van der Waals surface area contributed by atoms with Crippen LogP contribution >= 0.6 is 0 Å². The normalized spacial score (nSPS) is 28.6. The van der Waals surface area contributed by atoms with Crippen molar-refractivity contribution >= 4 is 15.9 Å². The lowest BCUT2D eigenvalue weighted by molar-refractivity contribution is -0.136. The molecule has 0 N–H and O–H groups in total. The molecule has 2 rings (SSSR count). The molecule has 2 heterocycles. The number of sulfonamides is 1. The van der Waals surface area contributed by atoms with E-state index in [4.69, 9.17) is 0 Å². The second kappa shape index (κ2) is 2.95. The summed E-state index contributed by atoms with van der Waals surface area (Å²) in [4.78, 5) is 11.3. The highest BCUT2D eigenvalue weighted by Gasteiger charge is 2.37. The molecule has 0 unspecified atom stereocenters. The van der Waals surface area contributed by atoms with Gasteiger partial charge in [-0.25, -0.2) is 8.42 Å². The Morgan fingerprint density at radius 1 is 1.15 bits per heavy atom. The van der Waals surface area contributed by atoms with E-state index in [-0.39, 0.29) is 11.7 Å². The Morgan fingerprint density at radius 3 is 2.38 bits per heavy atom. The third-order valence-corrected chi connectivity index (χ3v) is 4.22. The number of hydrogen-bond acceptors (Lipinski definition) is 3. The van der Waals surface area contributed by atoms with Gasteiger partial charge in [0.25, 0.3) is 0 Å². The van der Waals surface area contributed by atoms with Crippen LogP contribution < -0.4 is 0 Å². The smallest absolute Gasteiger partial charge is 0.237 e. The summed E-state index contributed by atoms with van der Waals surface area (Å²) >= 11 is 0. The van der Waals surface area contributed by atoms with Gasteiger partial charge in [-0.1, -0.05) is 0 Å². The van der Waals surface area contributed by atoms with E-state index in [0.29, 0.717) is 25.9 Å². The van der Waals surface area contributed by atoms with Crippen LogP contribution in [0.2, 0.25) is 0 Å². The van der Waals surface area contributed by atoms with Crippen molar-refractivity contribution in [2.75, 3.05) is 18.8 Å². The zero-order valence-corrected chi connectivity index (χ0v) is 8.09. The van der Waals surface area contributed by atoms with Crippen molar-refractivity contribution in [2.24, 2.45) is 0 Å². The van der Waals surface area contributed by atoms with Crippen LogP contribution in [-0.2, 0) is 14.8 Å². The van der Waals surface area contributed by atoms with Crippen molar-refractivity contribution in [3.8, 4) is 0 Å². The quantitative estimate of drug-likeness (QED) is 0.582. The SMILES string of the molecule is O=C1CCCN1N1CCCS1(=O)=O. The lowest BCUT2D eigenvalue weighted by Gasteiger charge is -2.25. The molecule has 0 aromatic carbocycles. The van der Waals surface area contributed by atoms with Gasteiger partial charge in [-0.3, -0.25) is 9.80 Å². The van der Waals surface area contributed by atoms with Gasteiger partial charge in [0.2, 0.25) is 15.9 Å². The van der Waals surface area contributed by atoms with Crippen LogP contribution in [-0.4, -0.2) is 42.6 Å². The third-order valence-electron chi connectivity index (χ3n) is 2.39. The molecule has 13 heavy (non-hydrogen) atoms.